The van der Waals surface area contributed by atoms with Crippen molar-refractivity contribution >= 4 is 17.8 Å². The molecule has 2 rings (SSSR count). The normalized spacial score (nSPS) is 21.6. The number of piperidine rings is 1. The summed E-state index contributed by atoms with van der Waals surface area (Å²) in [6.45, 7) is 6.02. The SMILES string of the molecule is CCNC(=NCCCNC(=O)C1CCC1)N1CCCC(CC(N)=O)C1. The molecule has 0 bridgehead atoms. The van der Waals surface area contributed by atoms with Crippen molar-refractivity contribution in [1.82, 2.24) is 15.5 Å². The lowest BCUT2D eigenvalue weighted by Gasteiger charge is -2.34. The van der Waals surface area contributed by atoms with Crippen LogP contribution in [0.5, 0.6) is 0 Å². The molecule has 2 amide bonds. The summed E-state index contributed by atoms with van der Waals surface area (Å²) in [5, 5.41) is 6.34. The Morgan fingerprint density at radius 2 is 2.00 bits per heavy atom. The Morgan fingerprint density at radius 3 is 2.64 bits per heavy atom. The van der Waals surface area contributed by atoms with Gasteiger partial charge >= 0.3 is 0 Å². The molecular formula is C18H33N5O2. The van der Waals surface area contributed by atoms with E-state index >= 15 is 0 Å². The first-order chi connectivity index (χ1) is 12.1. The third kappa shape index (κ3) is 6.55. The van der Waals surface area contributed by atoms with Gasteiger partial charge in [0.15, 0.2) is 5.96 Å². The van der Waals surface area contributed by atoms with Gasteiger partial charge < -0.3 is 21.3 Å². The Morgan fingerprint density at radius 1 is 1.20 bits per heavy atom. The molecule has 1 aliphatic carbocycles. The van der Waals surface area contributed by atoms with Crippen molar-refractivity contribution in [2.24, 2.45) is 22.6 Å². The van der Waals surface area contributed by atoms with Crippen LogP contribution < -0.4 is 16.4 Å². The Hall–Kier alpha value is -1.79. The van der Waals surface area contributed by atoms with E-state index in [2.05, 4.69) is 22.5 Å². The van der Waals surface area contributed by atoms with Gasteiger partial charge in [-0.15, -0.1) is 0 Å². The van der Waals surface area contributed by atoms with Crippen molar-refractivity contribution in [2.45, 2.75) is 51.9 Å². The fourth-order valence-electron chi connectivity index (χ4n) is 3.42. The van der Waals surface area contributed by atoms with Crippen LogP contribution in [0.3, 0.4) is 0 Å². The predicted octanol–water partition coefficient (Wildman–Crippen LogP) is 0.846. The molecule has 0 radical (unpaired) electrons. The molecule has 142 valence electrons. The number of hydrogen-bond donors (Lipinski definition) is 3. The van der Waals surface area contributed by atoms with Gasteiger partial charge in [0.1, 0.15) is 0 Å². The predicted molar refractivity (Wildman–Crippen MR) is 99.1 cm³/mol. The van der Waals surface area contributed by atoms with Crippen molar-refractivity contribution in [3.8, 4) is 0 Å². The highest BCUT2D eigenvalue weighted by atomic mass is 16.2. The zero-order valence-electron chi connectivity index (χ0n) is 15.4. The van der Waals surface area contributed by atoms with Gasteiger partial charge in [-0.3, -0.25) is 14.6 Å². The molecule has 1 heterocycles. The minimum Gasteiger partial charge on any atom is -0.370 e. The number of nitrogens with one attached hydrogen (secondary N) is 2. The van der Waals surface area contributed by atoms with Crippen molar-refractivity contribution in [2.75, 3.05) is 32.7 Å². The molecule has 0 aromatic carbocycles. The molecule has 4 N–H and O–H groups in total. The second-order valence-corrected chi connectivity index (χ2v) is 7.13. The maximum Gasteiger partial charge on any atom is 0.223 e. The molecule has 1 saturated heterocycles. The number of carbonyl (C=O) groups is 2. The van der Waals surface area contributed by atoms with Crippen LogP contribution in [-0.2, 0) is 9.59 Å². The lowest BCUT2D eigenvalue weighted by Crippen LogP contribution is -2.47. The number of aliphatic imine (C=N–C) groups is 1. The van der Waals surface area contributed by atoms with E-state index in [0.29, 0.717) is 25.4 Å². The Kier molecular flexibility index (Phi) is 8.01. The van der Waals surface area contributed by atoms with E-state index in [1.54, 1.807) is 0 Å². The van der Waals surface area contributed by atoms with E-state index in [0.717, 1.165) is 57.7 Å². The summed E-state index contributed by atoms with van der Waals surface area (Å²) in [5.41, 5.74) is 5.34. The Labute approximate surface area is 150 Å². The van der Waals surface area contributed by atoms with Gasteiger partial charge in [0.05, 0.1) is 0 Å². The minimum absolute atomic E-state index is 0.201. The third-order valence-electron chi connectivity index (χ3n) is 5.01. The lowest BCUT2D eigenvalue weighted by molar-refractivity contribution is -0.127. The molecule has 1 aliphatic heterocycles. The number of rotatable bonds is 8. The molecule has 25 heavy (non-hydrogen) atoms. The van der Waals surface area contributed by atoms with Gasteiger partial charge in [-0.1, -0.05) is 6.42 Å². The highest BCUT2D eigenvalue weighted by molar-refractivity contribution is 5.80. The van der Waals surface area contributed by atoms with Crippen LogP contribution in [0, 0.1) is 11.8 Å². The zero-order chi connectivity index (χ0) is 18.1. The highest BCUT2D eigenvalue weighted by Gasteiger charge is 2.25. The van der Waals surface area contributed by atoms with Gasteiger partial charge in [0, 0.05) is 45.1 Å². The molecule has 7 nitrogen and oxygen atoms in total. The van der Waals surface area contributed by atoms with Gasteiger partial charge in [0.25, 0.3) is 0 Å². The Bertz CT molecular complexity index is 476. The number of carbonyl (C=O) groups excluding carboxylic acids is 2. The fraction of sp³-hybridized carbons (Fsp3) is 0.833. The number of likely N-dealkylation sites (tertiary alicyclic amines) is 1. The number of nitrogens with two attached hydrogens (primary N) is 1. The second-order valence-electron chi connectivity index (χ2n) is 7.13. The van der Waals surface area contributed by atoms with Gasteiger partial charge in [-0.05, 0) is 44.9 Å². The number of hydrogen-bond acceptors (Lipinski definition) is 3. The summed E-state index contributed by atoms with van der Waals surface area (Å²) in [5.74, 6) is 1.44. The monoisotopic (exact) mass is 351 g/mol. The average molecular weight is 351 g/mol. The molecule has 2 aliphatic rings. The summed E-state index contributed by atoms with van der Waals surface area (Å²) >= 11 is 0. The fourth-order valence-corrected chi connectivity index (χ4v) is 3.42. The summed E-state index contributed by atoms with van der Waals surface area (Å²) in [7, 11) is 0. The summed E-state index contributed by atoms with van der Waals surface area (Å²) in [4.78, 5) is 29.9. The molecule has 0 spiro atoms. The van der Waals surface area contributed by atoms with Crippen molar-refractivity contribution in [3.63, 3.8) is 0 Å². The second kappa shape index (κ2) is 10.3. The molecule has 1 atom stereocenters. The van der Waals surface area contributed by atoms with Crippen molar-refractivity contribution in [3.05, 3.63) is 0 Å². The van der Waals surface area contributed by atoms with Crippen LogP contribution in [0.25, 0.3) is 0 Å². The first kappa shape index (κ1) is 19.5. The molecular weight excluding hydrogens is 318 g/mol. The number of guanidine groups is 1. The number of nitrogens with zero attached hydrogens (tertiary/aromatic N) is 2. The summed E-state index contributed by atoms with van der Waals surface area (Å²) in [6, 6.07) is 0. The first-order valence-electron chi connectivity index (χ1n) is 9.69. The van der Waals surface area contributed by atoms with E-state index in [-0.39, 0.29) is 17.7 Å². The van der Waals surface area contributed by atoms with E-state index < -0.39 is 0 Å². The van der Waals surface area contributed by atoms with Crippen molar-refractivity contribution < 1.29 is 9.59 Å². The van der Waals surface area contributed by atoms with Crippen LogP contribution in [0.4, 0.5) is 0 Å². The van der Waals surface area contributed by atoms with Crippen LogP contribution in [-0.4, -0.2) is 55.4 Å². The highest BCUT2D eigenvalue weighted by Crippen LogP contribution is 2.26. The van der Waals surface area contributed by atoms with Gasteiger partial charge in [-0.25, -0.2) is 0 Å². The van der Waals surface area contributed by atoms with Gasteiger partial charge in [-0.2, -0.15) is 0 Å². The average Bonchev–Trinajstić information content (AvgIpc) is 2.51. The summed E-state index contributed by atoms with van der Waals surface area (Å²) in [6.07, 6.45) is 6.65. The van der Waals surface area contributed by atoms with E-state index in [1.165, 1.54) is 6.42 Å². The number of primary amides is 1. The maximum atomic E-state index is 11.8. The topological polar surface area (TPSA) is 99.8 Å². The third-order valence-corrected chi connectivity index (χ3v) is 5.01. The minimum atomic E-state index is -0.226. The van der Waals surface area contributed by atoms with Gasteiger partial charge in [0.2, 0.25) is 11.8 Å². The molecule has 0 aromatic rings. The zero-order valence-corrected chi connectivity index (χ0v) is 15.4. The van der Waals surface area contributed by atoms with E-state index in [9.17, 15) is 9.59 Å². The molecule has 1 saturated carbocycles. The number of amides is 2. The first-order valence-corrected chi connectivity index (χ1v) is 9.69. The lowest BCUT2D eigenvalue weighted by atomic mass is 9.85. The van der Waals surface area contributed by atoms with Crippen LogP contribution in [0.1, 0.15) is 51.9 Å². The van der Waals surface area contributed by atoms with E-state index in [4.69, 9.17) is 10.7 Å². The maximum absolute atomic E-state index is 11.8. The van der Waals surface area contributed by atoms with Crippen LogP contribution >= 0.6 is 0 Å². The van der Waals surface area contributed by atoms with E-state index in [1.807, 2.05) is 0 Å². The largest absolute Gasteiger partial charge is 0.370 e. The summed E-state index contributed by atoms with van der Waals surface area (Å²) < 4.78 is 0. The molecule has 2 fully saturated rings. The standard InChI is InChI=1S/C18H33N5O2/c1-2-20-18(23-11-4-6-14(13-23)12-16(19)24)22-10-5-9-21-17(25)15-7-3-8-15/h14-15H,2-13H2,1H3,(H2,19,24)(H,20,22)(H,21,25). The Balaban J connectivity index is 1.74. The molecule has 7 heteroatoms. The van der Waals surface area contributed by atoms with Crippen LogP contribution in [0.15, 0.2) is 4.99 Å². The quantitative estimate of drug-likeness (QED) is 0.343. The molecule has 1 unspecified atom stereocenters. The smallest absolute Gasteiger partial charge is 0.223 e. The van der Waals surface area contributed by atoms with Crippen LogP contribution in [0.2, 0.25) is 0 Å². The molecule has 0 aromatic heterocycles. The van der Waals surface area contributed by atoms with Crippen molar-refractivity contribution in [1.29, 1.82) is 0 Å².